The Kier molecular flexibility index (Phi) is 7.00. The fourth-order valence-electron chi connectivity index (χ4n) is 1.23. The average molecular weight is 200 g/mol. The second-order valence-electron chi connectivity index (χ2n) is 2.93. The summed E-state index contributed by atoms with van der Waals surface area (Å²) in [5, 5.41) is 0. The fourth-order valence-corrected chi connectivity index (χ4v) is 1.23. The van der Waals surface area contributed by atoms with Crippen LogP contribution in [0.15, 0.2) is 55.7 Å². The summed E-state index contributed by atoms with van der Waals surface area (Å²) in [4.78, 5) is 0. The normalized spacial score (nSPS) is 9.93. The van der Waals surface area contributed by atoms with E-state index in [1.54, 1.807) is 6.08 Å². The molecular weight excluding hydrogens is 180 g/mol. The second-order valence-corrected chi connectivity index (χ2v) is 2.93. The monoisotopic (exact) mass is 200 g/mol. The predicted molar refractivity (Wildman–Crippen MR) is 70.9 cm³/mol. The van der Waals surface area contributed by atoms with Crippen LogP contribution in [0.4, 0.5) is 0 Å². The van der Waals surface area contributed by atoms with E-state index in [0.29, 0.717) is 0 Å². The maximum atomic E-state index is 3.77. The summed E-state index contributed by atoms with van der Waals surface area (Å²) in [5.41, 5.74) is 3.56. The molecule has 0 amide bonds. The highest BCUT2D eigenvalue weighted by Gasteiger charge is 1.95. The maximum absolute atomic E-state index is 3.77. The standard InChI is InChI=1S/C13H14.C2H6/c1-4-7-12(5-2)13-9-6-8-11(3)10-13;1-2/h4-10H,1-2H2,3H3;1-2H3/b12-7+;. The molecule has 0 saturated heterocycles. The minimum Gasteiger partial charge on any atom is -0.0990 e. The van der Waals surface area contributed by atoms with Crippen molar-refractivity contribution in [2.24, 2.45) is 0 Å². The van der Waals surface area contributed by atoms with Crippen LogP contribution in [0.3, 0.4) is 0 Å². The number of hydrogen-bond donors (Lipinski definition) is 0. The van der Waals surface area contributed by atoms with E-state index in [1.165, 1.54) is 11.1 Å². The van der Waals surface area contributed by atoms with Gasteiger partial charge in [-0.3, -0.25) is 0 Å². The number of rotatable bonds is 3. The van der Waals surface area contributed by atoms with Crippen LogP contribution in [-0.2, 0) is 0 Å². The van der Waals surface area contributed by atoms with Gasteiger partial charge >= 0.3 is 0 Å². The molecule has 0 fully saturated rings. The van der Waals surface area contributed by atoms with Gasteiger partial charge in [0.05, 0.1) is 0 Å². The quantitative estimate of drug-likeness (QED) is 0.616. The molecule has 0 aromatic heterocycles. The third kappa shape index (κ3) is 4.46. The molecule has 1 rings (SSSR count). The smallest absolute Gasteiger partial charge is 0.0182 e. The number of aryl methyl sites for hydroxylation is 1. The first-order chi connectivity index (χ1) is 7.27. The van der Waals surface area contributed by atoms with Gasteiger partial charge in [-0.1, -0.05) is 75.1 Å². The molecule has 15 heavy (non-hydrogen) atoms. The van der Waals surface area contributed by atoms with E-state index in [4.69, 9.17) is 0 Å². The molecule has 0 aliphatic heterocycles. The lowest BCUT2D eigenvalue weighted by Gasteiger charge is -2.02. The summed E-state index contributed by atoms with van der Waals surface area (Å²) in [5.74, 6) is 0. The van der Waals surface area contributed by atoms with E-state index in [9.17, 15) is 0 Å². The Balaban J connectivity index is 0.000000921. The molecule has 0 aliphatic rings. The van der Waals surface area contributed by atoms with E-state index in [0.717, 1.165) is 5.57 Å². The van der Waals surface area contributed by atoms with Crippen LogP contribution < -0.4 is 0 Å². The van der Waals surface area contributed by atoms with Crippen LogP contribution in [0.1, 0.15) is 25.0 Å². The van der Waals surface area contributed by atoms with Crippen LogP contribution in [-0.4, -0.2) is 0 Å². The largest absolute Gasteiger partial charge is 0.0990 e. The first-order valence-electron chi connectivity index (χ1n) is 5.30. The van der Waals surface area contributed by atoms with Crippen LogP contribution in [0.5, 0.6) is 0 Å². The lowest BCUT2D eigenvalue weighted by molar-refractivity contribution is 1.45. The Morgan fingerprint density at radius 2 is 1.87 bits per heavy atom. The van der Waals surface area contributed by atoms with Gasteiger partial charge in [0.2, 0.25) is 0 Å². The van der Waals surface area contributed by atoms with Crippen molar-refractivity contribution < 1.29 is 0 Å². The number of allylic oxidation sites excluding steroid dienone is 4. The number of hydrogen-bond acceptors (Lipinski definition) is 0. The minimum atomic E-state index is 1.11. The van der Waals surface area contributed by atoms with Crippen LogP contribution in [0, 0.1) is 6.92 Å². The fraction of sp³-hybridized carbons (Fsp3) is 0.200. The van der Waals surface area contributed by atoms with Gasteiger partial charge in [-0.2, -0.15) is 0 Å². The lowest BCUT2D eigenvalue weighted by Crippen LogP contribution is -1.81. The Labute approximate surface area is 93.7 Å². The molecule has 0 atom stereocenters. The SMILES string of the molecule is C=C/C=C(\C=C)c1cccc(C)c1.CC. The molecule has 0 unspecified atom stereocenters. The van der Waals surface area contributed by atoms with E-state index >= 15 is 0 Å². The molecular formula is C15H20. The minimum absolute atomic E-state index is 1.11. The van der Waals surface area contributed by atoms with Crippen molar-refractivity contribution in [2.45, 2.75) is 20.8 Å². The van der Waals surface area contributed by atoms with Crippen molar-refractivity contribution in [3.8, 4) is 0 Å². The van der Waals surface area contributed by atoms with Crippen LogP contribution in [0.25, 0.3) is 5.57 Å². The topological polar surface area (TPSA) is 0 Å². The second kappa shape index (κ2) is 7.81. The molecule has 1 aromatic rings. The van der Waals surface area contributed by atoms with E-state index < -0.39 is 0 Å². The molecule has 0 heteroatoms. The molecule has 0 saturated carbocycles. The van der Waals surface area contributed by atoms with Gasteiger partial charge in [0, 0.05) is 0 Å². The molecule has 1 aromatic carbocycles. The Bertz CT molecular complexity index is 343. The Morgan fingerprint density at radius 3 is 2.33 bits per heavy atom. The molecule has 0 nitrogen and oxygen atoms in total. The Hall–Kier alpha value is -1.56. The van der Waals surface area contributed by atoms with E-state index in [2.05, 4.69) is 38.3 Å². The number of benzene rings is 1. The van der Waals surface area contributed by atoms with Crippen LogP contribution in [0.2, 0.25) is 0 Å². The first kappa shape index (κ1) is 13.4. The van der Waals surface area contributed by atoms with Crippen molar-refractivity contribution in [1.82, 2.24) is 0 Å². The highest BCUT2D eigenvalue weighted by molar-refractivity contribution is 5.74. The van der Waals surface area contributed by atoms with Crippen molar-refractivity contribution in [2.75, 3.05) is 0 Å². The molecule has 0 bridgehead atoms. The van der Waals surface area contributed by atoms with Gasteiger partial charge in [-0.05, 0) is 18.1 Å². The van der Waals surface area contributed by atoms with Crippen molar-refractivity contribution in [3.63, 3.8) is 0 Å². The third-order valence-electron chi connectivity index (χ3n) is 1.87. The first-order valence-corrected chi connectivity index (χ1v) is 5.30. The summed E-state index contributed by atoms with van der Waals surface area (Å²) in [6.45, 7) is 13.5. The molecule has 0 aliphatic carbocycles. The van der Waals surface area contributed by atoms with E-state index in [-0.39, 0.29) is 0 Å². The molecule has 80 valence electrons. The van der Waals surface area contributed by atoms with Gasteiger partial charge < -0.3 is 0 Å². The summed E-state index contributed by atoms with van der Waals surface area (Å²) in [6.07, 6.45) is 5.58. The Morgan fingerprint density at radius 1 is 1.20 bits per heavy atom. The van der Waals surface area contributed by atoms with Crippen molar-refractivity contribution >= 4 is 5.57 Å². The van der Waals surface area contributed by atoms with Gasteiger partial charge in [-0.25, -0.2) is 0 Å². The van der Waals surface area contributed by atoms with Gasteiger partial charge in [-0.15, -0.1) is 0 Å². The molecule has 0 spiro atoms. The summed E-state index contributed by atoms with van der Waals surface area (Å²) in [7, 11) is 0. The highest BCUT2D eigenvalue weighted by atomic mass is 14.0. The zero-order valence-electron chi connectivity index (χ0n) is 9.96. The van der Waals surface area contributed by atoms with Crippen molar-refractivity contribution in [1.29, 1.82) is 0 Å². The lowest BCUT2D eigenvalue weighted by atomic mass is 10.0. The molecule has 0 N–H and O–H groups in total. The molecule has 0 heterocycles. The van der Waals surface area contributed by atoms with Gasteiger partial charge in [0.1, 0.15) is 0 Å². The zero-order valence-corrected chi connectivity index (χ0v) is 9.96. The summed E-state index contributed by atoms with van der Waals surface area (Å²) in [6, 6.07) is 8.34. The highest BCUT2D eigenvalue weighted by Crippen LogP contribution is 2.16. The molecule has 0 radical (unpaired) electrons. The third-order valence-corrected chi connectivity index (χ3v) is 1.87. The summed E-state index contributed by atoms with van der Waals surface area (Å²) >= 11 is 0. The van der Waals surface area contributed by atoms with Crippen LogP contribution >= 0.6 is 0 Å². The van der Waals surface area contributed by atoms with Gasteiger partial charge in [0.25, 0.3) is 0 Å². The average Bonchev–Trinajstić information content (AvgIpc) is 2.28. The van der Waals surface area contributed by atoms with Crippen molar-refractivity contribution in [3.05, 3.63) is 66.8 Å². The zero-order chi connectivity index (χ0) is 11.7. The maximum Gasteiger partial charge on any atom is -0.0182 e. The van der Waals surface area contributed by atoms with E-state index in [1.807, 2.05) is 32.1 Å². The van der Waals surface area contributed by atoms with Gasteiger partial charge in [0.15, 0.2) is 0 Å². The predicted octanol–water partition coefficient (Wildman–Crippen LogP) is 4.78. The summed E-state index contributed by atoms with van der Waals surface area (Å²) < 4.78 is 0.